The third-order valence-corrected chi connectivity index (χ3v) is 4.42. The summed E-state index contributed by atoms with van der Waals surface area (Å²) < 4.78 is 12.8. The number of hydrogen-bond acceptors (Lipinski definition) is 4. The second-order valence-electron chi connectivity index (χ2n) is 6.62. The molecule has 0 aliphatic heterocycles. The highest BCUT2D eigenvalue weighted by molar-refractivity contribution is 5.79. The number of aryl methyl sites for hydroxylation is 3. The number of ether oxygens (including phenoxy) is 2. The van der Waals surface area contributed by atoms with Gasteiger partial charge in [0.25, 0.3) is 0 Å². The Morgan fingerprint density at radius 2 is 1.96 bits per heavy atom. The molecule has 0 unspecified atom stereocenters. The minimum absolute atomic E-state index is 0.746. The molecule has 7 heteroatoms. The Morgan fingerprint density at radius 1 is 1.14 bits per heavy atom. The Kier molecular flexibility index (Phi) is 8.65. The molecule has 0 bridgehead atoms. The van der Waals surface area contributed by atoms with Gasteiger partial charge in [0.1, 0.15) is 11.5 Å². The zero-order valence-electron chi connectivity index (χ0n) is 17.7. The second kappa shape index (κ2) is 11.2. The smallest absolute Gasteiger partial charge is 0.191 e. The molecule has 1 aromatic heterocycles. The summed E-state index contributed by atoms with van der Waals surface area (Å²) in [5.74, 6) is 2.53. The zero-order chi connectivity index (χ0) is 20.4. The van der Waals surface area contributed by atoms with Crippen LogP contribution in [0.2, 0.25) is 0 Å². The van der Waals surface area contributed by atoms with Crippen LogP contribution in [0.5, 0.6) is 11.5 Å². The lowest BCUT2D eigenvalue weighted by atomic mass is 10.1. The molecule has 0 spiro atoms. The average Bonchev–Trinajstić information content (AvgIpc) is 3.02. The van der Waals surface area contributed by atoms with Crippen LogP contribution in [0.15, 0.2) is 29.3 Å². The number of methoxy groups -OCH3 is 2. The molecule has 154 valence electrons. The number of rotatable bonds is 10. The average molecular weight is 388 g/mol. The van der Waals surface area contributed by atoms with Crippen LogP contribution >= 0.6 is 0 Å². The van der Waals surface area contributed by atoms with Gasteiger partial charge in [-0.15, -0.1) is 0 Å². The summed E-state index contributed by atoms with van der Waals surface area (Å²) in [6, 6.07) is 7.96. The molecule has 0 aliphatic carbocycles. The quantitative estimate of drug-likeness (QED) is 0.373. The first-order valence-corrected chi connectivity index (χ1v) is 9.81. The van der Waals surface area contributed by atoms with Crippen molar-refractivity contribution in [2.75, 3.05) is 33.9 Å². The molecule has 2 aromatic rings. The third kappa shape index (κ3) is 6.48. The summed E-state index contributed by atoms with van der Waals surface area (Å²) in [4.78, 5) is 4.67. The van der Waals surface area contributed by atoms with E-state index in [4.69, 9.17) is 9.47 Å². The molecule has 7 nitrogen and oxygen atoms in total. The summed E-state index contributed by atoms with van der Waals surface area (Å²) >= 11 is 0. The van der Waals surface area contributed by atoms with Crippen molar-refractivity contribution >= 4 is 5.96 Å². The van der Waals surface area contributed by atoms with Crippen LogP contribution in [0.3, 0.4) is 0 Å². The molecule has 0 atom stereocenters. The van der Waals surface area contributed by atoms with E-state index in [-0.39, 0.29) is 0 Å². The van der Waals surface area contributed by atoms with Gasteiger partial charge in [-0.3, -0.25) is 9.67 Å². The van der Waals surface area contributed by atoms with Gasteiger partial charge in [0.2, 0.25) is 0 Å². The maximum Gasteiger partial charge on any atom is 0.191 e. The molecule has 2 rings (SSSR count). The van der Waals surface area contributed by atoms with E-state index in [0.29, 0.717) is 0 Å². The molecule has 0 amide bonds. The molecule has 0 saturated heterocycles. The van der Waals surface area contributed by atoms with Gasteiger partial charge in [0.15, 0.2) is 5.96 Å². The van der Waals surface area contributed by atoms with Crippen molar-refractivity contribution in [3.05, 3.63) is 41.2 Å². The van der Waals surface area contributed by atoms with Crippen molar-refractivity contribution in [2.45, 2.75) is 40.2 Å². The van der Waals surface area contributed by atoms with Crippen LogP contribution in [-0.2, 0) is 13.0 Å². The first-order valence-electron chi connectivity index (χ1n) is 9.81. The summed E-state index contributed by atoms with van der Waals surface area (Å²) in [6.07, 6.45) is 1.76. The SMILES string of the molecule is CCNC(=NCCCn1nc(C)cc1C)NCCc1cc(OC)ccc1OC. The zero-order valence-corrected chi connectivity index (χ0v) is 17.7. The van der Waals surface area contributed by atoms with E-state index in [2.05, 4.69) is 40.6 Å². The second-order valence-corrected chi connectivity index (χ2v) is 6.62. The van der Waals surface area contributed by atoms with Crippen LogP contribution < -0.4 is 20.1 Å². The highest BCUT2D eigenvalue weighted by atomic mass is 16.5. The molecule has 2 N–H and O–H groups in total. The van der Waals surface area contributed by atoms with Gasteiger partial charge in [0, 0.05) is 31.9 Å². The minimum Gasteiger partial charge on any atom is -0.497 e. The van der Waals surface area contributed by atoms with E-state index >= 15 is 0 Å². The van der Waals surface area contributed by atoms with Crippen LogP contribution in [0.25, 0.3) is 0 Å². The van der Waals surface area contributed by atoms with Crippen LogP contribution in [0, 0.1) is 13.8 Å². The molecule has 0 saturated carbocycles. The number of nitrogens with zero attached hydrogens (tertiary/aromatic N) is 3. The lowest BCUT2D eigenvalue weighted by Crippen LogP contribution is -2.38. The van der Waals surface area contributed by atoms with Crippen molar-refractivity contribution in [2.24, 2.45) is 4.99 Å². The van der Waals surface area contributed by atoms with E-state index in [1.54, 1.807) is 14.2 Å². The number of hydrogen-bond donors (Lipinski definition) is 2. The van der Waals surface area contributed by atoms with Crippen LogP contribution in [0.4, 0.5) is 0 Å². The number of guanidine groups is 1. The molecule has 0 radical (unpaired) electrons. The normalized spacial score (nSPS) is 11.4. The summed E-state index contributed by atoms with van der Waals surface area (Å²) in [7, 11) is 3.36. The van der Waals surface area contributed by atoms with Crippen LogP contribution in [0.1, 0.15) is 30.3 Å². The topological polar surface area (TPSA) is 72.7 Å². The van der Waals surface area contributed by atoms with Gasteiger partial charge in [-0.1, -0.05) is 0 Å². The Hall–Kier alpha value is -2.70. The fourth-order valence-corrected chi connectivity index (χ4v) is 3.05. The molecular weight excluding hydrogens is 354 g/mol. The Morgan fingerprint density at radius 3 is 2.61 bits per heavy atom. The van der Waals surface area contributed by atoms with Gasteiger partial charge in [-0.25, -0.2) is 0 Å². The molecule has 0 fully saturated rings. The number of nitrogens with one attached hydrogen (secondary N) is 2. The van der Waals surface area contributed by atoms with Gasteiger partial charge < -0.3 is 20.1 Å². The van der Waals surface area contributed by atoms with Gasteiger partial charge in [-0.2, -0.15) is 5.10 Å². The first kappa shape index (κ1) is 21.6. The van der Waals surface area contributed by atoms with Crippen molar-refractivity contribution in [1.29, 1.82) is 0 Å². The lowest BCUT2D eigenvalue weighted by molar-refractivity contribution is 0.398. The summed E-state index contributed by atoms with van der Waals surface area (Å²) in [5.41, 5.74) is 3.36. The first-order chi connectivity index (χ1) is 13.6. The molecule has 1 aromatic carbocycles. The van der Waals surface area contributed by atoms with Gasteiger partial charge in [0.05, 0.1) is 19.9 Å². The van der Waals surface area contributed by atoms with Gasteiger partial charge in [-0.05, 0) is 63.4 Å². The van der Waals surface area contributed by atoms with Crippen molar-refractivity contribution in [3.8, 4) is 11.5 Å². The maximum absolute atomic E-state index is 5.45. The number of benzene rings is 1. The van der Waals surface area contributed by atoms with E-state index < -0.39 is 0 Å². The molecule has 1 heterocycles. The third-order valence-electron chi connectivity index (χ3n) is 4.42. The van der Waals surface area contributed by atoms with Crippen LogP contribution in [-0.4, -0.2) is 49.6 Å². The van der Waals surface area contributed by atoms with Crippen molar-refractivity contribution in [3.63, 3.8) is 0 Å². The highest BCUT2D eigenvalue weighted by Gasteiger charge is 2.06. The fraction of sp³-hybridized carbons (Fsp3) is 0.524. The molecular formula is C21H33N5O2. The lowest BCUT2D eigenvalue weighted by Gasteiger charge is -2.13. The van der Waals surface area contributed by atoms with Crippen molar-refractivity contribution in [1.82, 2.24) is 20.4 Å². The molecule has 0 aliphatic rings. The summed E-state index contributed by atoms with van der Waals surface area (Å²) in [6.45, 7) is 9.38. The van der Waals surface area contributed by atoms with Gasteiger partial charge >= 0.3 is 0 Å². The standard InChI is InChI=1S/C21H33N5O2/c1-6-22-21(23-11-7-13-26-17(3)14-16(2)25-26)24-12-10-18-15-19(27-4)8-9-20(18)28-5/h8-9,14-15H,6-7,10-13H2,1-5H3,(H2,22,23,24). The van der Waals surface area contributed by atoms with Crippen molar-refractivity contribution < 1.29 is 9.47 Å². The highest BCUT2D eigenvalue weighted by Crippen LogP contribution is 2.24. The van der Waals surface area contributed by atoms with E-state index in [1.165, 1.54) is 5.69 Å². The largest absolute Gasteiger partial charge is 0.497 e. The van der Waals surface area contributed by atoms with E-state index in [1.807, 2.05) is 29.8 Å². The van der Waals surface area contributed by atoms with E-state index in [9.17, 15) is 0 Å². The monoisotopic (exact) mass is 387 g/mol. The Bertz CT molecular complexity index is 770. The number of aliphatic imine (C=N–C) groups is 1. The predicted molar refractivity (Wildman–Crippen MR) is 114 cm³/mol. The minimum atomic E-state index is 0.746. The van der Waals surface area contributed by atoms with E-state index in [0.717, 1.165) is 67.7 Å². The molecule has 28 heavy (non-hydrogen) atoms. The number of aromatic nitrogens is 2. The Labute approximate surface area is 168 Å². The predicted octanol–water partition coefficient (Wildman–Crippen LogP) is 2.71. The fourth-order valence-electron chi connectivity index (χ4n) is 3.05. The summed E-state index contributed by atoms with van der Waals surface area (Å²) in [5, 5.41) is 11.2. The maximum atomic E-state index is 5.45. The Balaban J connectivity index is 1.85.